The Morgan fingerprint density at radius 3 is 2.12 bits per heavy atom. The molecule has 3 heteroatoms. The smallest absolute Gasteiger partial charge is 0.131 e. The second kappa shape index (κ2) is 11.8. The molecule has 0 aliphatic rings. The van der Waals surface area contributed by atoms with Crippen LogP contribution < -0.4 is 5.32 Å². The summed E-state index contributed by atoms with van der Waals surface area (Å²) in [6.07, 6.45) is 5.07. The average molecular weight is 357 g/mol. The zero-order valence-corrected chi connectivity index (χ0v) is 16.3. The largest absolute Gasteiger partial charge is 0.311 e. The van der Waals surface area contributed by atoms with Gasteiger partial charge in [-0.2, -0.15) is 0 Å². The van der Waals surface area contributed by atoms with E-state index in [0.29, 0.717) is 5.56 Å². The molecular weight excluding hydrogens is 323 g/mol. The molecule has 1 N–H and O–H groups in total. The molecule has 0 saturated heterocycles. The van der Waals surface area contributed by atoms with Crippen molar-refractivity contribution in [1.29, 1.82) is 0 Å². The maximum atomic E-state index is 13.9. The first-order chi connectivity index (χ1) is 12.7. The molecule has 2 rings (SSSR count). The molecule has 2 aromatic carbocycles. The fourth-order valence-corrected chi connectivity index (χ4v) is 3.07. The Morgan fingerprint density at radius 1 is 0.846 bits per heavy atom. The molecular formula is C23H33FN2. The Hall–Kier alpha value is -1.71. The first-order valence-electron chi connectivity index (χ1n) is 10.0. The van der Waals surface area contributed by atoms with Gasteiger partial charge in [0.05, 0.1) is 0 Å². The van der Waals surface area contributed by atoms with Crippen LogP contribution in [0.15, 0.2) is 48.5 Å². The van der Waals surface area contributed by atoms with Crippen LogP contribution in [0.3, 0.4) is 0 Å². The van der Waals surface area contributed by atoms with Crippen molar-refractivity contribution in [2.45, 2.75) is 46.1 Å². The standard InChI is InChI=1S/C23H33FN2/c1-3-5-16-26(17-6-4-2)18-15-25-19-20-11-13-21(14-12-20)22-9-7-8-10-23(22)24/h7-14,25H,3-6,15-19H2,1-2H3. The molecule has 0 aliphatic carbocycles. The van der Waals surface area contributed by atoms with E-state index in [9.17, 15) is 4.39 Å². The average Bonchev–Trinajstić information content (AvgIpc) is 2.67. The molecule has 0 bridgehead atoms. The van der Waals surface area contributed by atoms with E-state index < -0.39 is 0 Å². The molecule has 0 heterocycles. The van der Waals surface area contributed by atoms with Gasteiger partial charge in [-0.15, -0.1) is 0 Å². The zero-order chi connectivity index (χ0) is 18.6. The first kappa shape index (κ1) is 20.6. The van der Waals surface area contributed by atoms with Gasteiger partial charge in [-0.25, -0.2) is 4.39 Å². The quantitative estimate of drug-likeness (QED) is 0.506. The number of nitrogens with zero attached hydrogens (tertiary/aromatic N) is 1. The lowest BCUT2D eigenvalue weighted by atomic mass is 10.0. The van der Waals surface area contributed by atoms with Crippen molar-refractivity contribution < 1.29 is 4.39 Å². The lowest BCUT2D eigenvalue weighted by molar-refractivity contribution is 0.264. The van der Waals surface area contributed by atoms with E-state index in [2.05, 4.69) is 36.2 Å². The van der Waals surface area contributed by atoms with Gasteiger partial charge >= 0.3 is 0 Å². The predicted octanol–water partition coefficient (Wildman–Crippen LogP) is 5.48. The van der Waals surface area contributed by atoms with Gasteiger partial charge < -0.3 is 10.2 Å². The van der Waals surface area contributed by atoms with Crippen LogP contribution in [0, 0.1) is 5.82 Å². The van der Waals surface area contributed by atoms with Crippen molar-refractivity contribution in [3.05, 3.63) is 59.9 Å². The molecule has 26 heavy (non-hydrogen) atoms. The number of unbranched alkanes of at least 4 members (excludes halogenated alkanes) is 2. The third-order valence-corrected chi connectivity index (χ3v) is 4.73. The minimum atomic E-state index is -0.169. The Bertz CT molecular complexity index is 616. The van der Waals surface area contributed by atoms with Crippen molar-refractivity contribution in [3.63, 3.8) is 0 Å². The van der Waals surface area contributed by atoms with Crippen LogP contribution >= 0.6 is 0 Å². The number of hydrogen-bond acceptors (Lipinski definition) is 2. The van der Waals surface area contributed by atoms with Gasteiger partial charge in [0.1, 0.15) is 5.82 Å². The summed E-state index contributed by atoms with van der Waals surface area (Å²) in [6.45, 7) is 9.87. The second-order valence-corrected chi connectivity index (χ2v) is 6.90. The van der Waals surface area contributed by atoms with Crippen molar-refractivity contribution in [3.8, 4) is 11.1 Å². The molecule has 0 fully saturated rings. The fraction of sp³-hybridized carbons (Fsp3) is 0.478. The summed E-state index contributed by atoms with van der Waals surface area (Å²) in [5.74, 6) is -0.169. The van der Waals surface area contributed by atoms with Crippen molar-refractivity contribution >= 4 is 0 Å². The molecule has 0 spiro atoms. The zero-order valence-electron chi connectivity index (χ0n) is 16.3. The van der Waals surface area contributed by atoms with E-state index in [1.54, 1.807) is 6.07 Å². The van der Waals surface area contributed by atoms with Crippen LogP contribution in [0.25, 0.3) is 11.1 Å². The van der Waals surface area contributed by atoms with Gasteiger partial charge in [-0.3, -0.25) is 0 Å². The van der Waals surface area contributed by atoms with E-state index in [4.69, 9.17) is 0 Å². The van der Waals surface area contributed by atoms with Crippen LogP contribution in [0.5, 0.6) is 0 Å². The van der Waals surface area contributed by atoms with Crippen LogP contribution in [0.2, 0.25) is 0 Å². The number of benzene rings is 2. The Labute approximate surface area is 158 Å². The summed E-state index contributed by atoms with van der Waals surface area (Å²) < 4.78 is 13.9. The molecule has 0 atom stereocenters. The highest BCUT2D eigenvalue weighted by atomic mass is 19.1. The van der Waals surface area contributed by atoms with Crippen molar-refractivity contribution in [2.24, 2.45) is 0 Å². The van der Waals surface area contributed by atoms with Crippen molar-refractivity contribution in [1.82, 2.24) is 10.2 Å². The molecule has 2 aromatic rings. The maximum absolute atomic E-state index is 13.9. The number of halogens is 1. The molecule has 0 saturated carbocycles. The van der Waals surface area contributed by atoms with Gasteiger partial charge in [0.15, 0.2) is 0 Å². The Balaban J connectivity index is 1.78. The lowest BCUT2D eigenvalue weighted by Crippen LogP contribution is -2.33. The summed E-state index contributed by atoms with van der Waals surface area (Å²) >= 11 is 0. The summed E-state index contributed by atoms with van der Waals surface area (Å²) in [7, 11) is 0. The van der Waals surface area contributed by atoms with E-state index >= 15 is 0 Å². The molecule has 2 nitrogen and oxygen atoms in total. The van der Waals surface area contributed by atoms with Crippen LogP contribution in [-0.2, 0) is 6.54 Å². The van der Waals surface area contributed by atoms with Gasteiger partial charge in [-0.05, 0) is 43.1 Å². The van der Waals surface area contributed by atoms with Gasteiger partial charge in [0.2, 0.25) is 0 Å². The summed E-state index contributed by atoms with van der Waals surface area (Å²) in [6, 6.07) is 15.1. The highest BCUT2D eigenvalue weighted by Crippen LogP contribution is 2.22. The highest BCUT2D eigenvalue weighted by Gasteiger charge is 2.05. The molecule has 0 aromatic heterocycles. The van der Waals surface area contributed by atoms with Gasteiger partial charge in [0.25, 0.3) is 0 Å². The molecule has 0 aliphatic heterocycles. The van der Waals surface area contributed by atoms with Gasteiger partial charge in [-0.1, -0.05) is 69.2 Å². The minimum Gasteiger partial charge on any atom is -0.311 e. The summed E-state index contributed by atoms with van der Waals surface area (Å²) in [5, 5.41) is 3.54. The maximum Gasteiger partial charge on any atom is 0.131 e. The molecule has 142 valence electrons. The summed E-state index contributed by atoms with van der Waals surface area (Å²) in [4.78, 5) is 2.57. The van der Waals surface area contributed by atoms with E-state index in [1.807, 2.05) is 24.3 Å². The summed E-state index contributed by atoms with van der Waals surface area (Å²) in [5.41, 5.74) is 2.82. The number of rotatable bonds is 12. The van der Waals surface area contributed by atoms with Crippen LogP contribution in [0.4, 0.5) is 4.39 Å². The topological polar surface area (TPSA) is 15.3 Å². The Kier molecular flexibility index (Phi) is 9.36. The fourth-order valence-electron chi connectivity index (χ4n) is 3.07. The number of nitrogens with one attached hydrogen (secondary N) is 1. The number of hydrogen-bond donors (Lipinski definition) is 1. The van der Waals surface area contributed by atoms with Crippen molar-refractivity contribution in [2.75, 3.05) is 26.2 Å². The second-order valence-electron chi connectivity index (χ2n) is 6.90. The third-order valence-electron chi connectivity index (χ3n) is 4.73. The highest BCUT2D eigenvalue weighted by molar-refractivity contribution is 5.64. The van der Waals surface area contributed by atoms with Gasteiger partial charge in [0, 0.05) is 25.2 Å². The van der Waals surface area contributed by atoms with Crippen LogP contribution in [0.1, 0.15) is 45.1 Å². The molecule has 0 radical (unpaired) electrons. The SMILES string of the molecule is CCCCN(CCCC)CCNCc1ccc(-c2ccccc2F)cc1. The minimum absolute atomic E-state index is 0.169. The molecule has 0 unspecified atom stereocenters. The molecule has 0 amide bonds. The van der Waals surface area contributed by atoms with E-state index in [1.165, 1.54) is 50.4 Å². The Morgan fingerprint density at radius 2 is 1.50 bits per heavy atom. The first-order valence-corrected chi connectivity index (χ1v) is 10.0. The monoisotopic (exact) mass is 356 g/mol. The third kappa shape index (κ3) is 6.89. The predicted molar refractivity (Wildman–Crippen MR) is 110 cm³/mol. The van der Waals surface area contributed by atoms with Crippen LogP contribution in [-0.4, -0.2) is 31.1 Å². The van der Waals surface area contributed by atoms with E-state index in [0.717, 1.165) is 25.2 Å². The van der Waals surface area contributed by atoms with E-state index in [-0.39, 0.29) is 5.82 Å². The lowest BCUT2D eigenvalue weighted by Gasteiger charge is -2.22. The normalized spacial score (nSPS) is 11.2.